The Bertz CT molecular complexity index is 2480. The van der Waals surface area contributed by atoms with Gasteiger partial charge in [-0.2, -0.15) is 13.2 Å². The molecular weight excluding hydrogens is 800 g/mol. The topological polar surface area (TPSA) is 105 Å². The summed E-state index contributed by atoms with van der Waals surface area (Å²) in [5, 5.41) is 9.26. The Balaban J connectivity index is 1.54. The molecule has 1 amide bonds. The van der Waals surface area contributed by atoms with Gasteiger partial charge in [-0.25, -0.2) is 28.3 Å². The summed E-state index contributed by atoms with van der Waals surface area (Å²) in [5.74, 6) is -0.786. The SMILES string of the molecule is Cc1nc2c3c(nc(-c4cc(C(=O)O)cc5ccc(F)c(C#C[Si](C(C)C)(C(C)C)C(C)C)c45)c(F)c3c1C(F)(F)F)O[C@@H](C)[C@@H]1[C@@H]3CC[C@H](CN21)N3C(=O)OC(C)(C)C. The number of carboxylic acids is 1. The number of hydrogen-bond donors (Lipinski definition) is 1. The summed E-state index contributed by atoms with van der Waals surface area (Å²) in [7, 11) is -2.50. The Morgan fingerprint density at radius 2 is 1.62 bits per heavy atom. The number of amides is 1. The van der Waals surface area contributed by atoms with Gasteiger partial charge in [0.2, 0.25) is 5.88 Å². The lowest BCUT2D eigenvalue weighted by atomic mass is 9.92. The molecule has 4 atom stereocenters. The van der Waals surface area contributed by atoms with E-state index in [9.17, 15) is 14.7 Å². The van der Waals surface area contributed by atoms with Crippen molar-refractivity contribution in [3.8, 4) is 28.6 Å². The van der Waals surface area contributed by atoms with E-state index in [0.717, 1.165) is 19.1 Å². The molecule has 2 aromatic heterocycles. The predicted molar refractivity (Wildman–Crippen MR) is 223 cm³/mol. The summed E-state index contributed by atoms with van der Waals surface area (Å²) in [5.41, 5.74) is -0.0384. The number of aromatic carboxylic acids is 1. The number of rotatable bonds is 5. The Labute approximate surface area is 347 Å². The molecule has 15 heteroatoms. The Morgan fingerprint density at radius 3 is 2.20 bits per heavy atom. The van der Waals surface area contributed by atoms with Gasteiger partial charge in [-0.1, -0.05) is 53.5 Å². The van der Waals surface area contributed by atoms with Crippen LogP contribution in [0.5, 0.6) is 5.88 Å². The van der Waals surface area contributed by atoms with Crippen LogP contribution in [0.3, 0.4) is 0 Å². The van der Waals surface area contributed by atoms with E-state index < -0.39 is 84.1 Å². The van der Waals surface area contributed by atoms with Crippen molar-refractivity contribution in [2.75, 3.05) is 11.4 Å². The number of anilines is 1. The Hall–Kier alpha value is -4.97. The number of benzene rings is 2. The summed E-state index contributed by atoms with van der Waals surface area (Å²) in [4.78, 5) is 38.8. The smallest absolute Gasteiger partial charge is 0.418 e. The summed E-state index contributed by atoms with van der Waals surface area (Å²) >= 11 is 0. The number of alkyl halides is 3. The van der Waals surface area contributed by atoms with Crippen LogP contribution in [0.25, 0.3) is 32.8 Å². The van der Waals surface area contributed by atoms with Crippen molar-refractivity contribution in [1.29, 1.82) is 0 Å². The van der Waals surface area contributed by atoms with Gasteiger partial charge in [0.15, 0.2) is 5.82 Å². The quantitative estimate of drug-likeness (QED) is 0.120. The maximum absolute atomic E-state index is 17.8. The number of pyridine rings is 2. The third-order valence-electron chi connectivity index (χ3n) is 12.7. The molecule has 60 heavy (non-hydrogen) atoms. The highest BCUT2D eigenvalue weighted by Gasteiger charge is 2.54. The van der Waals surface area contributed by atoms with E-state index in [1.807, 2.05) is 0 Å². The van der Waals surface area contributed by atoms with Crippen molar-refractivity contribution in [2.45, 2.75) is 142 Å². The zero-order valence-corrected chi connectivity index (χ0v) is 36.7. The molecule has 9 nitrogen and oxygen atoms in total. The number of aryl methyl sites for hydroxylation is 1. The number of carboxylic acid groups (broad SMARTS) is 1. The third-order valence-corrected chi connectivity index (χ3v) is 19.0. The van der Waals surface area contributed by atoms with Crippen molar-refractivity contribution in [2.24, 2.45) is 0 Å². The molecule has 2 bridgehead atoms. The highest BCUT2D eigenvalue weighted by Crippen LogP contribution is 2.51. The molecule has 3 aliphatic heterocycles. The van der Waals surface area contributed by atoms with Crippen molar-refractivity contribution in [3.63, 3.8) is 0 Å². The van der Waals surface area contributed by atoms with Crippen LogP contribution in [0.4, 0.5) is 32.6 Å². The third kappa shape index (κ3) is 6.92. The number of hydrogen-bond acceptors (Lipinski definition) is 7. The van der Waals surface area contributed by atoms with Crippen molar-refractivity contribution >= 4 is 47.5 Å². The van der Waals surface area contributed by atoms with Crippen molar-refractivity contribution in [1.82, 2.24) is 14.9 Å². The molecule has 4 aromatic rings. The summed E-state index contributed by atoms with van der Waals surface area (Å²) in [6.07, 6.45) is -5.33. The van der Waals surface area contributed by atoms with Gasteiger partial charge >= 0.3 is 18.2 Å². The molecule has 0 spiro atoms. The average molecular weight is 851 g/mol. The number of ether oxygens (including phenoxy) is 2. The lowest BCUT2D eigenvalue weighted by molar-refractivity contribution is -0.137. The number of halogens is 5. The lowest BCUT2D eigenvalue weighted by Crippen LogP contribution is -2.65. The molecular formula is C45H51F5N4O5Si. The van der Waals surface area contributed by atoms with Gasteiger partial charge in [0.25, 0.3) is 0 Å². The molecule has 320 valence electrons. The minimum absolute atomic E-state index is 0.00795. The second-order valence-electron chi connectivity index (χ2n) is 18.4. The first-order valence-electron chi connectivity index (χ1n) is 20.5. The standard InChI is InChI=1S/C45H51F5N4O5Si/c1-21(2)60(22(3)4,23(5)6)17-16-29-31(46)14-12-26-18-27(42(55)56)19-30(33(26)29)38-37(47)34-35-40(51-24(7)36(34)45(48,49)50)53-20-28-13-15-32(39(53)25(8)58-41(35)52-38)54(28)43(57)59-44(9,10)11/h12,14,18-19,21-23,25,28,32,39H,13,15,20H2,1-11H3,(H,55,56)/t25-,28+,32-,39+/m0/s1. The average Bonchev–Trinajstić information content (AvgIpc) is 3.37. The van der Waals surface area contributed by atoms with E-state index in [-0.39, 0.29) is 73.8 Å². The number of fused-ring (bicyclic) bond motifs is 6. The van der Waals surface area contributed by atoms with Gasteiger partial charge in [0.1, 0.15) is 37.1 Å². The summed E-state index contributed by atoms with van der Waals surface area (Å²) in [6.45, 7) is 20.8. The predicted octanol–water partition coefficient (Wildman–Crippen LogP) is 11.1. The van der Waals surface area contributed by atoms with Gasteiger partial charge < -0.3 is 19.5 Å². The summed E-state index contributed by atoms with van der Waals surface area (Å²) < 4.78 is 92.1. The molecule has 2 saturated heterocycles. The highest BCUT2D eigenvalue weighted by atomic mass is 28.3. The summed E-state index contributed by atoms with van der Waals surface area (Å²) in [6, 6.07) is 3.37. The fourth-order valence-corrected chi connectivity index (χ4v) is 15.6. The van der Waals surface area contributed by atoms with Gasteiger partial charge in [-0.3, -0.25) is 4.90 Å². The molecule has 1 N–H and O–H groups in total. The van der Waals surface area contributed by atoms with E-state index in [4.69, 9.17) is 9.47 Å². The fraction of sp³-hybridized carbons (Fsp3) is 0.511. The normalized spacial score (nSPS) is 20.4. The second kappa shape index (κ2) is 14.9. The van der Waals surface area contributed by atoms with Gasteiger partial charge in [0, 0.05) is 22.9 Å². The van der Waals surface area contributed by atoms with Crippen LogP contribution in [0, 0.1) is 30.0 Å². The first-order chi connectivity index (χ1) is 27.9. The molecule has 3 aliphatic rings. The number of aromatic nitrogens is 2. The Kier molecular flexibility index (Phi) is 10.7. The minimum Gasteiger partial charge on any atom is -0.478 e. The van der Waals surface area contributed by atoms with Crippen molar-refractivity contribution < 1.29 is 46.1 Å². The first kappa shape index (κ1) is 43.1. The zero-order chi connectivity index (χ0) is 44.1. The molecule has 0 saturated carbocycles. The van der Waals surface area contributed by atoms with E-state index in [0.29, 0.717) is 12.8 Å². The van der Waals surface area contributed by atoms with Crippen LogP contribution < -0.4 is 9.64 Å². The van der Waals surface area contributed by atoms with E-state index in [1.54, 1.807) is 37.5 Å². The van der Waals surface area contributed by atoms with Crippen LogP contribution in [0.2, 0.25) is 16.6 Å². The van der Waals surface area contributed by atoms with Crippen molar-refractivity contribution in [3.05, 3.63) is 58.3 Å². The van der Waals surface area contributed by atoms with E-state index in [1.165, 1.54) is 12.1 Å². The van der Waals surface area contributed by atoms with Gasteiger partial charge in [0.05, 0.1) is 45.9 Å². The van der Waals surface area contributed by atoms with Crippen LogP contribution in [-0.4, -0.2) is 76.5 Å². The van der Waals surface area contributed by atoms with E-state index in [2.05, 4.69) is 63.0 Å². The van der Waals surface area contributed by atoms with E-state index >= 15 is 22.0 Å². The van der Waals surface area contributed by atoms with Crippen LogP contribution in [-0.2, 0) is 10.9 Å². The first-order valence-corrected chi connectivity index (χ1v) is 22.7. The van der Waals surface area contributed by atoms with Gasteiger partial charge in [-0.15, -0.1) is 5.54 Å². The Morgan fingerprint density at radius 1 is 0.967 bits per heavy atom. The zero-order valence-electron chi connectivity index (χ0n) is 35.7. The number of piperazine rings is 1. The minimum atomic E-state index is -5.11. The molecule has 0 unspecified atom stereocenters. The molecule has 2 aromatic carbocycles. The molecule has 5 heterocycles. The lowest BCUT2D eigenvalue weighted by Gasteiger charge is -2.48. The van der Waals surface area contributed by atoms with Crippen LogP contribution >= 0.6 is 0 Å². The molecule has 0 aliphatic carbocycles. The molecule has 2 fully saturated rings. The van der Waals surface area contributed by atoms with Crippen LogP contribution in [0.15, 0.2) is 24.3 Å². The molecule has 7 rings (SSSR count). The number of nitrogens with zero attached hydrogens (tertiary/aromatic N) is 4. The largest absolute Gasteiger partial charge is 0.478 e. The maximum Gasteiger partial charge on any atom is 0.418 e. The fourth-order valence-electron chi connectivity index (χ4n) is 10.4. The van der Waals surface area contributed by atoms with Crippen LogP contribution in [0.1, 0.15) is 109 Å². The second-order valence-corrected chi connectivity index (χ2v) is 24.0. The maximum atomic E-state index is 17.8. The number of carbonyl (C=O) groups is 2. The number of carbonyl (C=O) groups excluding carboxylic acids is 1. The molecule has 0 radical (unpaired) electrons. The highest BCUT2D eigenvalue weighted by molar-refractivity contribution is 6.90. The van der Waals surface area contributed by atoms with Gasteiger partial charge in [-0.05, 0) is 87.7 Å². The monoisotopic (exact) mass is 850 g/mol.